The first kappa shape index (κ1) is 31.7. The molecule has 0 saturated carbocycles. The fourth-order valence-electron chi connectivity index (χ4n) is 6.54. The molecule has 2 heterocycles. The average Bonchev–Trinajstić information content (AvgIpc) is 3.57. The SMILES string of the molecule is CN[C@@H]1Cc2c([nH]c3ccc(C(N)=O)cc23)C(OC(=O)CCC(=O)OC2C[C@H](NC)Cc3c2[nH]c2ccc(C(N)=O)cc32)C1.O. The number of nitrogens with one attached hydrogen (secondary N) is 4. The molecule has 2 amide bonds. The molecule has 45 heavy (non-hydrogen) atoms. The summed E-state index contributed by atoms with van der Waals surface area (Å²) in [5.41, 5.74) is 17.0. The number of nitrogens with two attached hydrogens (primary N) is 2. The largest absolute Gasteiger partial charge is 0.456 e. The standard InChI is InChI=1S/C32H36N6O6.H2O/c1-35-17-11-21-19-9-15(31(33)41)3-5-23(19)37-29(21)25(13-17)43-27(39)7-8-28(40)44-26-14-18(36-2)12-22-20-10-16(32(34)42)4-6-24(20)38-30(22)26;/h3-6,9-10,17-18,25-26,35-38H,7-8,11-14H2,1-2H3,(H2,33,41)(H2,34,42);1H2/t17-,18-,25?,26?;/m1./s1. The Hall–Kier alpha value is -4.72. The van der Waals surface area contributed by atoms with E-state index in [2.05, 4.69) is 20.6 Å². The van der Waals surface area contributed by atoms with Gasteiger partial charge in [0.15, 0.2) is 0 Å². The van der Waals surface area contributed by atoms with Crippen molar-refractivity contribution in [2.24, 2.45) is 11.5 Å². The molecule has 0 aliphatic heterocycles. The van der Waals surface area contributed by atoms with E-state index in [-0.39, 0.29) is 30.4 Å². The summed E-state index contributed by atoms with van der Waals surface area (Å²) in [6, 6.07) is 10.6. The van der Waals surface area contributed by atoms with Gasteiger partial charge in [-0.2, -0.15) is 0 Å². The van der Waals surface area contributed by atoms with Crippen molar-refractivity contribution in [2.75, 3.05) is 14.1 Å². The predicted octanol–water partition coefficient (Wildman–Crippen LogP) is 1.74. The summed E-state index contributed by atoms with van der Waals surface area (Å²) in [5, 5.41) is 8.28. The topological polar surface area (TPSA) is 226 Å². The van der Waals surface area contributed by atoms with Crippen molar-refractivity contribution in [3.63, 3.8) is 0 Å². The molecule has 4 aromatic rings. The van der Waals surface area contributed by atoms with Crippen molar-refractivity contribution >= 4 is 45.6 Å². The van der Waals surface area contributed by atoms with E-state index >= 15 is 0 Å². The third kappa shape index (κ3) is 6.14. The molecular weight excluding hydrogens is 580 g/mol. The van der Waals surface area contributed by atoms with Crippen LogP contribution in [-0.2, 0) is 31.9 Å². The Bertz CT molecular complexity index is 1660. The van der Waals surface area contributed by atoms with E-state index in [4.69, 9.17) is 20.9 Å². The fraction of sp³-hybridized carbons (Fsp3) is 0.375. The summed E-state index contributed by atoms with van der Waals surface area (Å²) in [7, 11) is 3.71. The summed E-state index contributed by atoms with van der Waals surface area (Å²) in [5.74, 6) is -2.03. The number of aromatic nitrogens is 2. The number of benzene rings is 2. The Balaban J connectivity index is 0.00000400. The Morgan fingerprint density at radius 1 is 0.733 bits per heavy atom. The first-order chi connectivity index (χ1) is 21.1. The Morgan fingerprint density at radius 3 is 1.49 bits per heavy atom. The number of fused-ring (bicyclic) bond motifs is 6. The number of aromatic amines is 2. The average molecular weight is 619 g/mol. The maximum absolute atomic E-state index is 13.0. The molecule has 0 bridgehead atoms. The van der Waals surface area contributed by atoms with Crippen LogP contribution in [0, 0.1) is 0 Å². The van der Waals surface area contributed by atoms with E-state index in [1.54, 1.807) is 36.4 Å². The zero-order valence-electron chi connectivity index (χ0n) is 25.1. The third-order valence-electron chi connectivity index (χ3n) is 8.89. The van der Waals surface area contributed by atoms with E-state index in [9.17, 15) is 19.2 Å². The molecule has 0 spiro atoms. The summed E-state index contributed by atoms with van der Waals surface area (Å²) < 4.78 is 11.8. The van der Waals surface area contributed by atoms with Crippen LogP contribution in [-0.4, -0.2) is 65.4 Å². The van der Waals surface area contributed by atoms with Crippen LogP contribution < -0.4 is 22.1 Å². The van der Waals surface area contributed by atoms with Crippen LogP contribution in [0.2, 0.25) is 0 Å². The highest BCUT2D eigenvalue weighted by atomic mass is 16.6. The van der Waals surface area contributed by atoms with Crippen LogP contribution in [0.25, 0.3) is 21.8 Å². The molecule has 0 fully saturated rings. The minimum atomic E-state index is -0.543. The first-order valence-corrected chi connectivity index (χ1v) is 14.8. The molecule has 13 heteroatoms. The second-order valence-electron chi connectivity index (χ2n) is 11.6. The summed E-state index contributed by atoms with van der Waals surface area (Å²) in [6.07, 6.45) is 1.16. The molecule has 2 aliphatic rings. The molecule has 2 aromatic carbocycles. The molecular formula is C32H38N6O7. The summed E-state index contributed by atoms with van der Waals surface area (Å²) >= 11 is 0. The number of ether oxygens (including phenoxy) is 2. The van der Waals surface area contributed by atoms with Gasteiger partial charge in [0.2, 0.25) is 11.8 Å². The van der Waals surface area contributed by atoms with Gasteiger partial charge in [-0.3, -0.25) is 19.2 Å². The van der Waals surface area contributed by atoms with Gasteiger partial charge in [-0.1, -0.05) is 0 Å². The molecule has 0 radical (unpaired) electrons. The van der Waals surface area contributed by atoms with Gasteiger partial charge >= 0.3 is 11.9 Å². The number of esters is 2. The molecule has 6 rings (SSSR count). The quantitative estimate of drug-likeness (QED) is 0.151. The highest BCUT2D eigenvalue weighted by Crippen LogP contribution is 2.39. The van der Waals surface area contributed by atoms with Crippen LogP contribution in [0.3, 0.4) is 0 Å². The number of carbonyl (C=O) groups excluding carboxylic acids is 4. The van der Waals surface area contributed by atoms with Crippen molar-refractivity contribution in [3.8, 4) is 0 Å². The monoisotopic (exact) mass is 618 g/mol. The highest BCUT2D eigenvalue weighted by Gasteiger charge is 2.34. The van der Waals surface area contributed by atoms with Gasteiger partial charge in [-0.05, 0) is 74.5 Å². The number of rotatable bonds is 9. The van der Waals surface area contributed by atoms with Crippen LogP contribution >= 0.6 is 0 Å². The third-order valence-corrected chi connectivity index (χ3v) is 8.89. The predicted molar refractivity (Wildman–Crippen MR) is 166 cm³/mol. The maximum Gasteiger partial charge on any atom is 0.307 e. The van der Waals surface area contributed by atoms with Crippen LogP contribution in [0.5, 0.6) is 0 Å². The lowest BCUT2D eigenvalue weighted by atomic mass is 9.89. The van der Waals surface area contributed by atoms with Gasteiger partial charge in [-0.15, -0.1) is 0 Å². The highest BCUT2D eigenvalue weighted by molar-refractivity contribution is 5.99. The number of hydrogen-bond acceptors (Lipinski definition) is 8. The van der Waals surface area contributed by atoms with Crippen molar-refractivity contribution in [2.45, 2.75) is 62.8 Å². The number of likely N-dealkylation sites (N-methyl/N-ethyl adjacent to an activating group) is 2. The molecule has 13 nitrogen and oxygen atoms in total. The lowest BCUT2D eigenvalue weighted by molar-refractivity contribution is -0.157. The van der Waals surface area contributed by atoms with Crippen molar-refractivity contribution in [1.82, 2.24) is 20.6 Å². The normalized spacial score (nSPS) is 20.6. The lowest BCUT2D eigenvalue weighted by Crippen LogP contribution is -2.35. The fourth-order valence-corrected chi connectivity index (χ4v) is 6.54. The number of carbonyl (C=O) groups is 4. The minimum absolute atomic E-state index is 0. The van der Waals surface area contributed by atoms with E-state index in [0.29, 0.717) is 36.8 Å². The molecule has 2 aromatic heterocycles. The number of primary amides is 2. The van der Waals surface area contributed by atoms with Gasteiger partial charge in [0.1, 0.15) is 12.2 Å². The molecule has 0 saturated heterocycles. The van der Waals surface area contributed by atoms with Crippen molar-refractivity contribution in [3.05, 3.63) is 70.0 Å². The minimum Gasteiger partial charge on any atom is -0.456 e. The second-order valence-corrected chi connectivity index (χ2v) is 11.6. The Labute approximate surface area is 258 Å². The Morgan fingerprint density at radius 2 is 1.13 bits per heavy atom. The number of amides is 2. The molecule has 238 valence electrons. The van der Waals surface area contributed by atoms with Gasteiger partial charge in [0.05, 0.1) is 24.2 Å². The molecule has 4 atom stereocenters. The molecule has 10 N–H and O–H groups in total. The van der Waals surface area contributed by atoms with Crippen LogP contribution in [0.15, 0.2) is 36.4 Å². The summed E-state index contributed by atoms with van der Waals surface area (Å²) in [6.45, 7) is 0. The lowest BCUT2D eigenvalue weighted by Gasteiger charge is -2.29. The van der Waals surface area contributed by atoms with Gasteiger partial charge in [-0.25, -0.2) is 0 Å². The van der Waals surface area contributed by atoms with Gasteiger partial charge in [0, 0.05) is 57.9 Å². The second kappa shape index (κ2) is 12.7. The van der Waals surface area contributed by atoms with Crippen molar-refractivity contribution in [1.29, 1.82) is 0 Å². The molecule has 2 unspecified atom stereocenters. The smallest absolute Gasteiger partial charge is 0.307 e. The van der Waals surface area contributed by atoms with Crippen LogP contribution in [0.4, 0.5) is 0 Å². The summed E-state index contributed by atoms with van der Waals surface area (Å²) in [4.78, 5) is 56.2. The Kier molecular flexibility index (Phi) is 8.96. The zero-order chi connectivity index (χ0) is 31.1. The number of hydrogen-bond donors (Lipinski definition) is 6. The van der Waals surface area contributed by atoms with Crippen molar-refractivity contribution < 1.29 is 34.1 Å². The maximum atomic E-state index is 13.0. The van der Waals surface area contributed by atoms with E-state index < -0.39 is 36.0 Å². The van der Waals surface area contributed by atoms with E-state index in [1.165, 1.54) is 0 Å². The number of H-pyrrole nitrogens is 2. The van der Waals surface area contributed by atoms with E-state index in [1.807, 2.05) is 14.1 Å². The zero-order valence-corrected chi connectivity index (χ0v) is 25.1. The molecule has 2 aliphatic carbocycles. The van der Waals surface area contributed by atoms with Gasteiger partial charge < -0.3 is 47.0 Å². The van der Waals surface area contributed by atoms with Crippen LogP contribution in [0.1, 0.15) is 81.1 Å². The van der Waals surface area contributed by atoms with Gasteiger partial charge in [0.25, 0.3) is 0 Å². The first-order valence-electron chi connectivity index (χ1n) is 14.8. The van der Waals surface area contributed by atoms with E-state index in [0.717, 1.165) is 44.3 Å².